The number of thioether (sulfide) groups is 2. The van der Waals surface area contributed by atoms with Gasteiger partial charge in [-0.05, 0) is 60.9 Å². The fraction of sp³-hybridized carbons (Fsp3) is 0.0833. The van der Waals surface area contributed by atoms with Gasteiger partial charge in [0.25, 0.3) is 0 Å². The number of benzene rings is 3. The molecule has 0 bridgehead atoms. The zero-order valence-corrected chi connectivity index (χ0v) is 23.0. The highest BCUT2D eigenvalue weighted by Gasteiger charge is 2.10. The van der Waals surface area contributed by atoms with Crippen molar-refractivity contribution in [3.63, 3.8) is 0 Å². The summed E-state index contributed by atoms with van der Waals surface area (Å²) in [5, 5.41) is 12.9. The van der Waals surface area contributed by atoms with Gasteiger partial charge in [0.05, 0.1) is 31.9 Å². The monoisotopic (exact) mass is 600 g/mol. The average Bonchev–Trinajstić information content (AvgIpc) is 3.46. The highest BCUT2D eigenvalue weighted by molar-refractivity contribution is 9.10. The van der Waals surface area contributed by atoms with Crippen LogP contribution in [0.2, 0.25) is 0 Å². The molecule has 2 aromatic heterocycles. The lowest BCUT2D eigenvalue weighted by atomic mass is 10.2. The van der Waals surface area contributed by atoms with Crippen molar-refractivity contribution in [2.24, 2.45) is 4.99 Å². The predicted octanol–water partition coefficient (Wildman–Crippen LogP) is 7.58. The smallest absolute Gasteiger partial charge is 0.234 e. The first-order chi connectivity index (χ1) is 17.0. The van der Waals surface area contributed by atoms with E-state index in [9.17, 15) is 9.90 Å². The number of fused-ring (bicyclic) bond motifs is 2. The number of phenolic OH excluding ortho intramolecular Hbond substituents is 1. The zero-order chi connectivity index (χ0) is 24.4. The Bertz CT molecular complexity index is 1580. The van der Waals surface area contributed by atoms with Crippen molar-refractivity contribution in [1.29, 1.82) is 0 Å². The second-order valence-electron chi connectivity index (χ2n) is 7.30. The van der Waals surface area contributed by atoms with Gasteiger partial charge in [-0.15, -0.1) is 22.7 Å². The minimum atomic E-state index is -0.0812. The number of nitrogens with one attached hydrogen (secondary N) is 1. The molecule has 3 aromatic carbocycles. The maximum absolute atomic E-state index is 12.5. The highest BCUT2D eigenvalue weighted by atomic mass is 79.9. The van der Waals surface area contributed by atoms with Crippen LogP contribution in [0.3, 0.4) is 0 Å². The van der Waals surface area contributed by atoms with Gasteiger partial charge < -0.3 is 10.4 Å². The van der Waals surface area contributed by atoms with Gasteiger partial charge in [-0.1, -0.05) is 39.5 Å². The molecule has 0 saturated heterocycles. The van der Waals surface area contributed by atoms with Crippen LogP contribution in [0.1, 0.15) is 5.56 Å². The Labute approximate surface area is 226 Å². The normalized spacial score (nSPS) is 11.6. The van der Waals surface area contributed by atoms with Crippen molar-refractivity contribution in [3.05, 3.63) is 64.6 Å². The molecule has 176 valence electrons. The van der Waals surface area contributed by atoms with E-state index in [0.29, 0.717) is 5.56 Å². The first-order valence-electron chi connectivity index (χ1n) is 10.3. The van der Waals surface area contributed by atoms with Gasteiger partial charge in [0.1, 0.15) is 5.75 Å². The molecule has 11 heteroatoms. The molecule has 6 nitrogen and oxygen atoms in total. The van der Waals surface area contributed by atoms with E-state index >= 15 is 0 Å². The summed E-state index contributed by atoms with van der Waals surface area (Å²) in [5.41, 5.74) is 3.96. The number of hydrogen-bond acceptors (Lipinski definition) is 9. The molecule has 0 unspecified atom stereocenters. The minimum Gasteiger partial charge on any atom is -0.507 e. The van der Waals surface area contributed by atoms with Crippen LogP contribution in [0.5, 0.6) is 5.75 Å². The van der Waals surface area contributed by atoms with Crippen LogP contribution in [0.25, 0.3) is 20.4 Å². The molecule has 2 N–H and O–H groups in total. The topological polar surface area (TPSA) is 87.5 Å². The summed E-state index contributed by atoms with van der Waals surface area (Å²) in [5.74, 6) is 0.357. The fourth-order valence-corrected chi connectivity index (χ4v) is 7.01. The van der Waals surface area contributed by atoms with Gasteiger partial charge in [0, 0.05) is 21.9 Å². The van der Waals surface area contributed by atoms with Gasteiger partial charge in [0.2, 0.25) is 5.91 Å². The number of halogens is 1. The van der Waals surface area contributed by atoms with Crippen LogP contribution in [-0.2, 0) is 4.79 Å². The summed E-state index contributed by atoms with van der Waals surface area (Å²) in [7, 11) is 0. The van der Waals surface area contributed by atoms with Crippen molar-refractivity contribution < 1.29 is 9.90 Å². The number of aromatic nitrogens is 2. The standard InChI is InChI=1S/C24H17BrN4O2S4/c1-32-23-28-17-6-4-16(10-21(17)34-23)27-22(31)12-33-24-29-18-5-3-15(9-20(18)35-24)26-11-13-8-14(25)2-7-19(13)30/h2-11,30H,12H2,1H3,(H,27,31). The van der Waals surface area contributed by atoms with Gasteiger partial charge in [-0.2, -0.15) is 0 Å². The third-order valence-corrected chi connectivity index (χ3v) is 9.51. The number of aromatic hydroxyl groups is 1. The lowest BCUT2D eigenvalue weighted by Gasteiger charge is -2.03. The van der Waals surface area contributed by atoms with E-state index in [1.165, 1.54) is 23.1 Å². The van der Waals surface area contributed by atoms with E-state index in [-0.39, 0.29) is 17.4 Å². The number of carbonyl (C=O) groups excluding carboxylic acids is 1. The maximum atomic E-state index is 12.5. The summed E-state index contributed by atoms with van der Waals surface area (Å²) in [6.07, 6.45) is 3.64. The quantitative estimate of drug-likeness (QED) is 0.148. The number of rotatable bonds is 7. The number of hydrogen-bond donors (Lipinski definition) is 2. The lowest BCUT2D eigenvalue weighted by Crippen LogP contribution is -2.13. The molecule has 0 aliphatic heterocycles. The summed E-state index contributed by atoms with van der Waals surface area (Å²) in [6.45, 7) is 0. The number of amides is 1. The first-order valence-corrected chi connectivity index (χ1v) is 14.9. The Balaban J connectivity index is 1.23. The first kappa shape index (κ1) is 24.3. The Morgan fingerprint density at radius 1 is 1.06 bits per heavy atom. The molecule has 0 radical (unpaired) electrons. The van der Waals surface area contributed by atoms with Gasteiger partial charge in [-0.25, -0.2) is 9.97 Å². The number of aliphatic imine (C=N–C) groups is 1. The second-order valence-corrected chi connectivity index (χ2v) is 12.5. The number of thiazole rings is 2. The SMILES string of the molecule is CSc1nc2ccc(NC(=O)CSc3nc4ccc(N=Cc5cc(Br)ccc5O)cc4s3)cc2s1. The molecular formula is C24H17BrN4O2S4. The van der Waals surface area contributed by atoms with Gasteiger partial charge in [0.15, 0.2) is 8.68 Å². The van der Waals surface area contributed by atoms with Crippen molar-refractivity contribution in [3.8, 4) is 5.75 Å². The van der Waals surface area contributed by atoms with Gasteiger partial charge >= 0.3 is 0 Å². The summed E-state index contributed by atoms with van der Waals surface area (Å²) < 4.78 is 4.74. The van der Waals surface area contributed by atoms with Crippen LogP contribution >= 0.6 is 62.1 Å². The van der Waals surface area contributed by atoms with Crippen LogP contribution in [-0.4, -0.2) is 39.2 Å². The Morgan fingerprint density at radius 2 is 1.80 bits per heavy atom. The van der Waals surface area contributed by atoms with E-state index in [4.69, 9.17) is 0 Å². The van der Waals surface area contributed by atoms with Crippen molar-refractivity contribution in [2.75, 3.05) is 17.3 Å². The maximum Gasteiger partial charge on any atom is 0.234 e. The zero-order valence-electron chi connectivity index (χ0n) is 18.2. The van der Waals surface area contributed by atoms with Crippen molar-refractivity contribution in [2.45, 2.75) is 8.68 Å². The predicted molar refractivity (Wildman–Crippen MR) is 153 cm³/mol. The Hall–Kier alpha value is -2.44. The van der Waals surface area contributed by atoms with E-state index in [2.05, 4.69) is 36.2 Å². The molecule has 0 aliphatic rings. The molecule has 2 heterocycles. The van der Waals surface area contributed by atoms with E-state index in [1.54, 1.807) is 47.5 Å². The second kappa shape index (κ2) is 10.7. The van der Waals surface area contributed by atoms with Crippen molar-refractivity contribution >= 4 is 106 Å². The highest BCUT2D eigenvalue weighted by Crippen LogP contribution is 2.33. The average molecular weight is 602 g/mol. The lowest BCUT2D eigenvalue weighted by molar-refractivity contribution is -0.113. The van der Waals surface area contributed by atoms with Crippen LogP contribution in [0.15, 0.2) is 72.7 Å². The van der Waals surface area contributed by atoms with E-state index in [1.807, 2.05) is 42.7 Å². The summed E-state index contributed by atoms with van der Waals surface area (Å²) in [4.78, 5) is 26.1. The third-order valence-electron chi connectivity index (χ3n) is 4.85. The molecule has 5 aromatic rings. The molecule has 0 aliphatic carbocycles. The Kier molecular flexibility index (Phi) is 7.40. The fourth-order valence-electron chi connectivity index (χ4n) is 3.20. The van der Waals surface area contributed by atoms with Crippen LogP contribution in [0.4, 0.5) is 11.4 Å². The van der Waals surface area contributed by atoms with E-state index < -0.39 is 0 Å². The summed E-state index contributed by atoms with van der Waals surface area (Å²) in [6, 6.07) is 16.7. The molecule has 0 atom stereocenters. The number of carbonyl (C=O) groups is 1. The largest absolute Gasteiger partial charge is 0.507 e. The molecule has 35 heavy (non-hydrogen) atoms. The van der Waals surface area contributed by atoms with Crippen LogP contribution in [0, 0.1) is 0 Å². The van der Waals surface area contributed by atoms with E-state index in [0.717, 1.165) is 45.0 Å². The molecule has 1 amide bonds. The molecule has 5 rings (SSSR count). The number of anilines is 1. The van der Waals surface area contributed by atoms with Gasteiger partial charge in [-0.3, -0.25) is 9.79 Å². The number of phenols is 1. The molecule has 0 spiro atoms. The molecule has 0 fully saturated rings. The minimum absolute atomic E-state index is 0.0812. The third kappa shape index (κ3) is 5.87. The number of nitrogens with zero attached hydrogens (tertiary/aromatic N) is 3. The van der Waals surface area contributed by atoms with Crippen molar-refractivity contribution in [1.82, 2.24) is 9.97 Å². The summed E-state index contributed by atoms with van der Waals surface area (Å²) >= 11 is 9.57. The molecule has 0 saturated carbocycles. The Morgan fingerprint density at radius 3 is 2.63 bits per heavy atom. The molecular weight excluding hydrogens is 584 g/mol. The van der Waals surface area contributed by atoms with Crippen LogP contribution < -0.4 is 5.32 Å².